The van der Waals surface area contributed by atoms with Crippen molar-refractivity contribution in [3.8, 4) is 16.3 Å². The van der Waals surface area contributed by atoms with E-state index in [0.717, 1.165) is 31.9 Å². The summed E-state index contributed by atoms with van der Waals surface area (Å²) in [5.74, 6) is 1.20. The molecule has 0 fully saturated rings. The van der Waals surface area contributed by atoms with Gasteiger partial charge in [0.05, 0.1) is 22.3 Å². The number of nitrogens with zero attached hydrogens (tertiary/aromatic N) is 4. The van der Waals surface area contributed by atoms with Crippen LogP contribution in [0.25, 0.3) is 31.8 Å². The summed E-state index contributed by atoms with van der Waals surface area (Å²) in [5.41, 5.74) is 4.22. The summed E-state index contributed by atoms with van der Waals surface area (Å²) in [6.45, 7) is 2.02. The number of fused-ring (bicyclic) bond motifs is 2. The summed E-state index contributed by atoms with van der Waals surface area (Å²) in [6, 6.07) is 7.73. The van der Waals surface area contributed by atoms with Gasteiger partial charge in [-0.15, -0.1) is 21.5 Å². The Morgan fingerprint density at radius 2 is 1.92 bits per heavy atom. The molecule has 4 aromatic rings. The Kier molecular flexibility index (Phi) is 3.89. The van der Waals surface area contributed by atoms with E-state index in [4.69, 9.17) is 21.3 Å². The van der Waals surface area contributed by atoms with Gasteiger partial charge in [0.15, 0.2) is 0 Å². The third-order valence-electron chi connectivity index (χ3n) is 3.82. The third-order valence-corrected chi connectivity index (χ3v) is 5.14. The number of halogens is 1. The largest absolute Gasteiger partial charge is 0.497 e. The Labute approximate surface area is 152 Å². The average Bonchev–Trinajstić information content (AvgIpc) is 3.04. The molecule has 2 heterocycles. The predicted molar refractivity (Wildman–Crippen MR) is 102 cm³/mol. The molecule has 25 heavy (non-hydrogen) atoms. The molecule has 4 rings (SSSR count). The van der Waals surface area contributed by atoms with Crippen LogP contribution in [-0.2, 0) is 0 Å². The van der Waals surface area contributed by atoms with E-state index in [0.29, 0.717) is 22.2 Å². The normalized spacial score (nSPS) is 11.2. The molecule has 0 bridgehead atoms. The predicted octanol–water partition coefficient (Wildman–Crippen LogP) is 4.31. The van der Waals surface area contributed by atoms with Gasteiger partial charge in [-0.25, -0.2) is 9.97 Å². The second-order valence-electron chi connectivity index (χ2n) is 5.54. The Morgan fingerprint density at radius 3 is 2.68 bits per heavy atom. The lowest BCUT2D eigenvalue weighted by Gasteiger charge is -2.05. The van der Waals surface area contributed by atoms with Gasteiger partial charge < -0.3 is 10.1 Å². The van der Waals surface area contributed by atoms with E-state index in [9.17, 15) is 0 Å². The van der Waals surface area contributed by atoms with Crippen LogP contribution >= 0.6 is 22.9 Å². The molecule has 126 valence electrons. The first-order valence-electron chi connectivity index (χ1n) is 7.56. The van der Waals surface area contributed by atoms with Crippen molar-refractivity contribution in [2.24, 2.45) is 0 Å². The maximum absolute atomic E-state index is 6.35. The van der Waals surface area contributed by atoms with E-state index in [1.807, 2.05) is 25.1 Å². The molecular formula is C17H14ClN5OS. The van der Waals surface area contributed by atoms with Crippen molar-refractivity contribution in [1.29, 1.82) is 0 Å². The number of hydrogen-bond donors (Lipinski definition) is 1. The van der Waals surface area contributed by atoms with Gasteiger partial charge in [-0.1, -0.05) is 11.6 Å². The maximum atomic E-state index is 6.35. The monoisotopic (exact) mass is 371 g/mol. The number of ether oxygens (including phenoxy) is 1. The highest BCUT2D eigenvalue weighted by Crippen LogP contribution is 2.38. The molecule has 0 aliphatic rings. The van der Waals surface area contributed by atoms with Gasteiger partial charge in [0.25, 0.3) is 0 Å². The molecular weight excluding hydrogens is 358 g/mol. The van der Waals surface area contributed by atoms with Gasteiger partial charge in [0.2, 0.25) is 5.95 Å². The minimum Gasteiger partial charge on any atom is -0.497 e. The molecule has 0 atom stereocenters. The fraction of sp³-hybridized carbons (Fsp3) is 0.176. The highest BCUT2D eigenvalue weighted by atomic mass is 35.5. The first-order valence-corrected chi connectivity index (χ1v) is 8.76. The molecule has 0 unspecified atom stereocenters. The number of aromatic nitrogens is 4. The van der Waals surface area contributed by atoms with Crippen LogP contribution in [0.5, 0.6) is 5.75 Å². The molecule has 0 radical (unpaired) electrons. The zero-order valence-electron chi connectivity index (χ0n) is 13.8. The Morgan fingerprint density at radius 1 is 1.08 bits per heavy atom. The minimum absolute atomic E-state index is 0.487. The fourth-order valence-corrected chi connectivity index (χ4v) is 4.00. The van der Waals surface area contributed by atoms with Gasteiger partial charge in [0.1, 0.15) is 21.8 Å². The SMILES string of the molecule is CNc1nnc2c(-c3nc4c(Cl)cc(OC)cc4s3)cc(C)cc2n1. The summed E-state index contributed by atoms with van der Waals surface area (Å²) in [5, 5.41) is 12.7. The van der Waals surface area contributed by atoms with Crippen molar-refractivity contribution in [2.45, 2.75) is 6.92 Å². The Hall–Kier alpha value is -2.51. The minimum atomic E-state index is 0.487. The van der Waals surface area contributed by atoms with Crippen molar-refractivity contribution >= 4 is 50.1 Å². The summed E-state index contributed by atoms with van der Waals surface area (Å²) in [7, 11) is 3.39. The van der Waals surface area contributed by atoms with Crippen LogP contribution in [0.2, 0.25) is 5.02 Å². The number of hydrogen-bond acceptors (Lipinski definition) is 7. The lowest BCUT2D eigenvalue weighted by atomic mass is 10.1. The summed E-state index contributed by atoms with van der Waals surface area (Å²) >= 11 is 7.89. The second-order valence-corrected chi connectivity index (χ2v) is 6.98. The highest BCUT2D eigenvalue weighted by Gasteiger charge is 2.15. The van der Waals surface area contributed by atoms with Crippen LogP contribution in [0.4, 0.5) is 5.95 Å². The van der Waals surface area contributed by atoms with E-state index >= 15 is 0 Å². The molecule has 6 nitrogen and oxygen atoms in total. The van der Waals surface area contributed by atoms with Gasteiger partial charge in [-0.3, -0.25) is 0 Å². The summed E-state index contributed by atoms with van der Waals surface area (Å²) in [6.07, 6.45) is 0. The molecule has 0 saturated heterocycles. The molecule has 1 N–H and O–H groups in total. The number of thiazole rings is 1. The number of aryl methyl sites for hydroxylation is 1. The van der Waals surface area contributed by atoms with Crippen LogP contribution in [0.3, 0.4) is 0 Å². The van der Waals surface area contributed by atoms with E-state index < -0.39 is 0 Å². The number of nitrogens with one attached hydrogen (secondary N) is 1. The highest BCUT2D eigenvalue weighted by molar-refractivity contribution is 7.21. The smallest absolute Gasteiger partial charge is 0.243 e. The van der Waals surface area contributed by atoms with E-state index in [2.05, 4.69) is 20.5 Å². The topological polar surface area (TPSA) is 72.8 Å². The second kappa shape index (κ2) is 6.09. The summed E-state index contributed by atoms with van der Waals surface area (Å²) in [4.78, 5) is 9.20. The molecule has 0 amide bonds. The van der Waals surface area contributed by atoms with Crippen molar-refractivity contribution in [2.75, 3.05) is 19.5 Å². The fourth-order valence-electron chi connectivity index (χ4n) is 2.65. The van der Waals surface area contributed by atoms with Crippen LogP contribution in [0.1, 0.15) is 5.56 Å². The van der Waals surface area contributed by atoms with E-state index in [1.54, 1.807) is 31.6 Å². The lowest BCUT2D eigenvalue weighted by Crippen LogP contribution is -2.00. The van der Waals surface area contributed by atoms with E-state index in [-0.39, 0.29) is 0 Å². The molecule has 2 aromatic carbocycles. The number of anilines is 1. The molecule has 0 aliphatic carbocycles. The first kappa shape index (κ1) is 16.0. The number of rotatable bonds is 3. The van der Waals surface area contributed by atoms with Gasteiger partial charge in [0, 0.05) is 18.7 Å². The Balaban J connectivity index is 1.97. The van der Waals surface area contributed by atoms with Gasteiger partial charge in [-0.05, 0) is 30.7 Å². The van der Waals surface area contributed by atoms with Crippen LogP contribution in [0.15, 0.2) is 24.3 Å². The number of methoxy groups -OCH3 is 1. The molecule has 0 saturated carbocycles. The van der Waals surface area contributed by atoms with Crippen molar-refractivity contribution in [1.82, 2.24) is 20.2 Å². The summed E-state index contributed by atoms with van der Waals surface area (Å²) < 4.78 is 6.25. The van der Waals surface area contributed by atoms with Gasteiger partial charge in [-0.2, -0.15) is 0 Å². The zero-order valence-corrected chi connectivity index (χ0v) is 15.4. The average molecular weight is 372 g/mol. The van der Waals surface area contributed by atoms with Crippen LogP contribution < -0.4 is 10.1 Å². The maximum Gasteiger partial charge on any atom is 0.243 e. The third kappa shape index (κ3) is 2.75. The lowest BCUT2D eigenvalue weighted by molar-refractivity contribution is 0.415. The Bertz CT molecular complexity index is 1110. The van der Waals surface area contributed by atoms with Crippen molar-refractivity contribution in [3.05, 3.63) is 34.9 Å². The molecule has 0 aliphatic heterocycles. The number of benzene rings is 2. The van der Waals surface area contributed by atoms with Crippen molar-refractivity contribution in [3.63, 3.8) is 0 Å². The van der Waals surface area contributed by atoms with E-state index in [1.165, 1.54) is 0 Å². The van der Waals surface area contributed by atoms with Crippen LogP contribution in [0, 0.1) is 6.92 Å². The van der Waals surface area contributed by atoms with Gasteiger partial charge >= 0.3 is 0 Å². The quantitative estimate of drug-likeness (QED) is 0.578. The molecule has 8 heteroatoms. The first-order chi connectivity index (χ1) is 12.1. The van der Waals surface area contributed by atoms with Crippen molar-refractivity contribution < 1.29 is 4.74 Å². The zero-order chi connectivity index (χ0) is 17.6. The molecule has 0 spiro atoms. The standard InChI is InChI=1S/C17H14ClN5OS/c1-8-4-10(14-12(5-8)20-17(19-2)23-22-14)16-21-15-11(18)6-9(24-3)7-13(15)25-16/h4-7H,1-3H3,(H,19,20,23). The molecule has 2 aromatic heterocycles. The van der Waals surface area contributed by atoms with Crippen LogP contribution in [-0.4, -0.2) is 34.3 Å².